The van der Waals surface area contributed by atoms with Crippen LogP contribution in [0.1, 0.15) is 472 Å². The summed E-state index contributed by atoms with van der Waals surface area (Å²) in [6.07, 6.45) is 72.3. The summed E-state index contributed by atoms with van der Waals surface area (Å²) in [4.78, 5) is 73.2. The van der Waals surface area contributed by atoms with Crippen LogP contribution in [0, 0.1) is 11.8 Å². The van der Waals surface area contributed by atoms with Gasteiger partial charge < -0.3 is 33.8 Å². The van der Waals surface area contributed by atoms with Crippen LogP contribution in [0.15, 0.2) is 0 Å². The summed E-state index contributed by atoms with van der Waals surface area (Å²) in [7, 11) is -9.93. The zero-order valence-electron chi connectivity index (χ0n) is 70.5. The predicted molar refractivity (Wildman–Crippen MR) is 442 cm³/mol. The minimum atomic E-state index is -4.97. The molecule has 0 spiro atoms. The van der Waals surface area contributed by atoms with Crippen molar-refractivity contribution in [1.82, 2.24) is 0 Å². The Labute approximate surface area is 658 Å². The number of carbonyl (C=O) groups is 4. The van der Waals surface area contributed by atoms with E-state index in [4.69, 9.17) is 37.0 Å². The van der Waals surface area contributed by atoms with E-state index in [1.54, 1.807) is 0 Å². The number of esters is 4. The average Bonchev–Trinajstić information content (AvgIpc) is 0.907. The fourth-order valence-corrected chi connectivity index (χ4v) is 15.3. The number of unbranched alkanes of at least 4 members (excludes halogenated alkanes) is 56. The maximum absolute atomic E-state index is 13.2. The Morgan fingerprint density at radius 1 is 0.271 bits per heavy atom. The highest BCUT2D eigenvalue weighted by Gasteiger charge is 2.31. The molecular weight excluding hydrogens is 1390 g/mol. The van der Waals surface area contributed by atoms with Gasteiger partial charge >= 0.3 is 39.5 Å². The minimum absolute atomic E-state index is 0.108. The lowest BCUT2D eigenvalue weighted by Gasteiger charge is -2.21. The van der Waals surface area contributed by atoms with Gasteiger partial charge in [-0.1, -0.05) is 420 Å². The highest BCUT2D eigenvalue weighted by atomic mass is 31.2. The molecule has 107 heavy (non-hydrogen) atoms. The molecule has 0 rings (SSSR count). The Morgan fingerprint density at radius 3 is 0.710 bits per heavy atom. The van der Waals surface area contributed by atoms with Crippen LogP contribution in [0.4, 0.5) is 0 Å². The van der Waals surface area contributed by atoms with E-state index in [2.05, 4.69) is 41.5 Å². The number of hydrogen-bond acceptors (Lipinski definition) is 15. The van der Waals surface area contributed by atoms with Crippen molar-refractivity contribution < 1.29 is 80.2 Å². The molecule has 0 fully saturated rings. The van der Waals surface area contributed by atoms with Crippen LogP contribution in [-0.2, 0) is 65.4 Å². The number of hydrogen-bond donors (Lipinski definition) is 3. The number of ether oxygens (including phenoxy) is 4. The third kappa shape index (κ3) is 80.5. The summed E-state index contributed by atoms with van der Waals surface area (Å²) in [5, 5.41) is 10.7. The summed E-state index contributed by atoms with van der Waals surface area (Å²) in [6.45, 7) is 9.74. The lowest BCUT2D eigenvalue weighted by atomic mass is 9.99. The summed E-state index contributed by atoms with van der Waals surface area (Å²) < 4.78 is 68.9. The standard InChI is InChI=1S/C88H172O17P2/c1-7-10-12-14-16-18-19-20-21-22-23-24-25-26-27-30-37-42-48-54-60-66-72-88(93)105-84(77-99-86(91)71-65-59-53-47-41-36-31-28-29-34-39-45-50-56-62-68-80(4)5)79-103-107(96,97)101-75-82(89)74-100-106(94,95)102-78-83(76-98-85(90)70-64-58-52-44-17-15-13-11-8-2)104-87(92)73-67-61-55-49-43-38-33-32-35-40-46-51-57-63-69-81(6)9-3/h80-84,89H,7-79H2,1-6H3,(H,94,95)(H,96,97)/t81?,82-,83+,84+/m0/s1. The molecule has 3 unspecified atom stereocenters. The molecule has 0 aliphatic rings. The Hall–Kier alpha value is -1.94. The molecule has 0 aromatic carbocycles. The first-order valence-corrected chi connectivity index (χ1v) is 48.5. The fourth-order valence-electron chi connectivity index (χ4n) is 13.7. The lowest BCUT2D eigenvalue weighted by molar-refractivity contribution is -0.161. The molecule has 0 amide bonds. The second-order valence-electron chi connectivity index (χ2n) is 32.4. The molecule has 0 aliphatic carbocycles. The van der Waals surface area contributed by atoms with Crippen molar-refractivity contribution in [2.24, 2.45) is 11.8 Å². The highest BCUT2D eigenvalue weighted by Crippen LogP contribution is 2.45. The van der Waals surface area contributed by atoms with Crippen LogP contribution in [0.5, 0.6) is 0 Å². The zero-order valence-corrected chi connectivity index (χ0v) is 72.2. The van der Waals surface area contributed by atoms with E-state index in [0.29, 0.717) is 25.7 Å². The third-order valence-corrected chi connectivity index (χ3v) is 23.0. The summed E-state index contributed by atoms with van der Waals surface area (Å²) in [5.74, 6) is -0.449. The molecule has 0 aromatic rings. The van der Waals surface area contributed by atoms with Crippen LogP contribution in [0.2, 0.25) is 0 Å². The summed E-state index contributed by atoms with van der Waals surface area (Å²) >= 11 is 0. The average molecular weight is 1560 g/mol. The Balaban J connectivity index is 5.20. The number of phosphoric ester groups is 2. The largest absolute Gasteiger partial charge is 0.472 e. The predicted octanol–water partition coefficient (Wildman–Crippen LogP) is 27.0. The van der Waals surface area contributed by atoms with E-state index < -0.39 is 97.5 Å². The van der Waals surface area contributed by atoms with Crippen LogP contribution < -0.4 is 0 Å². The molecule has 0 aliphatic heterocycles. The Kier molecular flexibility index (Phi) is 77.9. The molecule has 0 radical (unpaired) electrons. The van der Waals surface area contributed by atoms with E-state index >= 15 is 0 Å². The van der Waals surface area contributed by atoms with Gasteiger partial charge in [-0.2, -0.15) is 0 Å². The molecule has 17 nitrogen and oxygen atoms in total. The quantitative estimate of drug-likeness (QED) is 0.0222. The van der Waals surface area contributed by atoms with E-state index in [1.165, 1.54) is 289 Å². The maximum Gasteiger partial charge on any atom is 0.472 e. The van der Waals surface area contributed by atoms with Gasteiger partial charge in [-0.25, -0.2) is 9.13 Å². The van der Waals surface area contributed by atoms with Gasteiger partial charge in [0.2, 0.25) is 0 Å². The van der Waals surface area contributed by atoms with Crippen molar-refractivity contribution in [3.8, 4) is 0 Å². The third-order valence-electron chi connectivity index (χ3n) is 21.1. The van der Waals surface area contributed by atoms with Crippen LogP contribution in [0.25, 0.3) is 0 Å². The number of aliphatic hydroxyl groups excluding tert-OH is 1. The maximum atomic E-state index is 13.2. The molecule has 3 N–H and O–H groups in total. The van der Waals surface area contributed by atoms with Crippen molar-refractivity contribution >= 4 is 39.5 Å². The van der Waals surface area contributed by atoms with Crippen molar-refractivity contribution in [1.29, 1.82) is 0 Å². The molecule has 0 aromatic heterocycles. The van der Waals surface area contributed by atoms with Gasteiger partial charge in [-0.15, -0.1) is 0 Å². The molecule has 0 saturated carbocycles. The second-order valence-corrected chi connectivity index (χ2v) is 35.3. The van der Waals surface area contributed by atoms with Crippen molar-refractivity contribution in [2.45, 2.75) is 490 Å². The molecule has 6 atom stereocenters. The van der Waals surface area contributed by atoms with Crippen LogP contribution >= 0.6 is 15.6 Å². The van der Waals surface area contributed by atoms with Crippen LogP contribution in [-0.4, -0.2) is 96.7 Å². The topological polar surface area (TPSA) is 237 Å². The van der Waals surface area contributed by atoms with Crippen LogP contribution in [0.3, 0.4) is 0 Å². The van der Waals surface area contributed by atoms with Gasteiger partial charge in [0.1, 0.15) is 19.3 Å². The van der Waals surface area contributed by atoms with Crippen molar-refractivity contribution in [3.63, 3.8) is 0 Å². The van der Waals surface area contributed by atoms with E-state index in [1.807, 2.05) is 0 Å². The molecule has 0 bridgehead atoms. The minimum Gasteiger partial charge on any atom is -0.462 e. The Morgan fingerprint density at radius 2 is 0.477 bits per heavy atom. The van der Waals surface area contributed by atoms with Gasteiger partial charge in [0.25, 0.3) is 0 Å². The normalized spacial score (nSPS) is 14.0. The molecular formula is C88H172O17P2. The van der Waals surface area contributed by atoms with E-state index in [9.17, 15) is 43.2 Å². The van der Waals surface area contributed by atoms with E-state index in [-0.39, 0.29) is 25.7 Å². The van der Waals surface area contributed by atoms with Gasteiger partial charge in [-0.05, 0) is 37.5 Å². The number of aliphatic hydroxyl groups is 1. The Bertz CT molecular complexity index is 2050. The summed E-state index contributed by atoms with van der Waals surface area (Å²) in [6, 6.07) is 0. The molecule has 0 saturated heterocycles. The molecule has 19 heteroatoms. The number of rotatable bonds is 87. The second kappa shape index (κ2) is 79.3. The first-order valence-electron chi connectivity index (χ1n) is 45.5. The number of carbonyl (C=O) groups excluding carboxylic acids is 4. The van der Waals surface area contributed by atoms with Gasteiger partial charge in [-0.3, -0.25) is 37.3 Å². The smallest absolute Gasteiger partial charge is 0.462 e. The SMILES string of the molecule is CCCCCCCCCCCCCCCCCCCCCCCCC(=O)O[C@H](COC(=O)CCCCCCCCCCCCCCCCCC(C)C)COP(=O)(O)OC[C@@H](O)COP(=O)(O)OC[C@@H](COC(=O)CCCCCCCCCCC)OC(=O)CCCCCCCCCCCCCCCCC(C)CC. The van der Waals surface area contributed by atoms with E-state index in [0.717, 1.165) is 102 Å². The van der Waals surface area contributed by atoms with Crippen molar-refractivity contribution in [3.05, 3.63) is 0 Å². The molecule has 636 valence electrons. The summed E-state index contributed by atoms with van der Waals surface area (Å²) in [5.41, 5.74) is 0. The molecule has 0 heterocycles. The lowest BCUT2D eigenvalue weighted by Crippen LogP contribution is -2.30. The highest BCUT2D eigenvalue weighted by molar-refractivity contribution is 7.47. The van der Waals surface area contributed by atoms with Gasteiger partial charge in [0.15, 0.2) is 12.2 Å². The number of phosphoric acid groups is 2. The van der Waals surface area contributed by atoms with Gasteiger partial charge in [0, 0.05) is 25.7 Å². The van der Waals surface area contributed by atoms with Crippen molar-refractivity contribution in [2.75, 3.05) is 39.6 Å². The fraction of sp³-hybridized carbons (Fsp3) is 0.955. The monoisotopic (exact) mass is 1560 g/mol. The zero-order chi connectivity index (χ0) is 78.5. The first kappa shape index (κ1) is 105. The van der Waals surface area contributed by atoms with Gasteiger partial charge in [0.05, 0.1) is 26.4 Å². The first-order chi connectivity index (χ1) is 51.9.